The minimum absolute atomic E-state index is 0.380. The number of imidazole rings is 1. The molecule has 0 spiro atoms. The summed E-state index contributed by atoms with van der Waals surface area (Å²) < 4.78 is 1.81. The number of pyridine rings is 1. The van der Waals surface area contributed by atoms with E-state index in [-0.39, 0.29) is 0 Å². The summed E-state index contributed by atoms with van der Waals surface area (Å²) in [6.07, 6.45) is 1.93. The Bertz CT molecular complexity index is 434. The highest BCUT2D eigenvalue weighted by Gasteiger charge is 2.09. The summed E-state index contributed by atoms with van der Waals surface area (Å²) in [6, 6.07) is 3.55. The van der Waals surface area contributed by atoms with E-state index in [1.165, 1.54) is 0 Å². The lowest BCUT2D eigenvalue weighted by Gasteiger charge is -1.98. The summed E-state index contributed by atoms with van der Waals surface area (Å²) >= 11 is 6.01. The molecule has 2 heterocycles. The minimum atomic E-state index is 0.380. The van der Waals surface area contributed by atoms with Gasteiger partial charge in [-0.25, -0.2) is 4.98 Å². The van der Waals surface area contributed by atoms with Gasteiger partial charge in [-0.1, -0.05) is 25.4 Å². The third-order valence-corrected chi connectivity index (χ3v) is 2.51. The number of nitrogen functional groups attached to an aromatic ring is 1. The molecule has 0 aromatic carbocycles. The Morgan fingerprint density at radius 3 is 2.71 bits per heavy atom. The number of fused-ring (bicyclic) bond motifs is 1. The highest BCUT2D eigenvalue weighted by atomic mass is 35.5. The number of nitrogens with zero attached hydrogens (tertiary/aromatic N) is 2. The van der Waals surface area contributed by atoms with E-state index in [2.05, 4.69) is 18.8 Å². The molecule has 2 N–H and O–H groups in total. The van der Waals surface area contributed by atoms with Crippen LogP contribution in [0, 0.1) is 0 Å². The number of hydrogen-bond donors (Lipinski definition) is 1. The van der Waals surface area contributed by atoms with Gasteiger partial charge in [0.25, 0.3) is 0 Å². The molecule has 0 saturated carbocycles. The standard InChI is InChI=1S/C10H12ClN3/c1-6(2)8-5-14-9(11)4-3-7(12)10(14)13-8/h3-6H,12H2,1-2H3. The van der Waals surface area contributed by atoms with E-state index in [1.54, 1.807) is 12.1 Å². The predicted octanol–water partition coefficient (Wildman–Crippen LogP) is 2.69. The second-order valence-electron chi connectivity index (χ2n) is 3.63. The first kappa shape index (κ1) is 9.34. The molecule has 0 radical (unpaired) electrons. The molecule has 74 valence electrons. The molecule has 0 atom stereocenters. The number of rotatable bonds is 1. The molecule has 0 aliphatic carbocycles. The van der Waals surface area contributed by atoms with Crippen molar-refractivity contribution in [3.05, 3.63) is 29.2 Å². The van der Waals surface area contributed by atoms with Crippen molar-refractivity contribution in [1.82, 2.24) is 9.38 Å². The summed E-state index contributed by atoms with van der Waals surface area (Å²) in [4.78, 5) is 4.43. The Kier molecular flexibility index (Phi) is 2.11. The molecular weight excluding hydrogens is 198 g/mol. The molecule has 2 aromatic heterocycles. The Hall–Kier alpha value is -1.22. The van der Waals surface area contributed by atoms with Crippen molar-refractivity contribution in [2.75, 3.05) is 5.73 Å². The van der Waals surface area contributed by atoms with Crippen molar-refractivity contribution < 1.29 is 0 Å². The summed E-state index contributed by atoms with van der Waals surface area (Å²) in [6.45, 7) is 4.18. The first-order valence-corrected chi connectivity index (χ1v) is 4.90. The van der Waals surface area contributed by atoms with Gasteiger partial charge in [0.2, 0.25) is 0 Å². The lowest BCUT2D eigenvalue weighted by Crippen LogP contribution is -1.92. The zero-order valence-corrected chi connectivity index (χ0v) is 8.92. The van der Waals surface area contributed by atoms with Crippen LogP contribution in [0.15, 0.2) is 18.3 Å². The normalized spacial score (nSPS) is 11.4. The zero-order valence-electron chi connectivity index (χ0n) is 8.16. The highest BCUT2D eigenvalue weighted by Crippen LogP contribution is 2.22. The molecule has 4 heteroatoms. The van der Waals surface area contributed by atoms with Crippen molar-refractivity contribution in [1.29, 1.82) is 0 Å². The van der Waals surface area contributed by atoms with Crippen LogP contribution in [-0.2, 0) is 0 Å². The van der Waals surface area contributed by atoms with E-state index < -0.39 is 0 Å². The molecule has 0 amide bonds. The third kappa shape index (κ3) is 1.34. The maximum atomic E-state index is 6.01. The predicted molar refractivity (Wildman–Crippen MR) is 58.7 cm³/mol. The lowest BCUT2D eigenvalue weighted by molar-refractivity contribution is 0.834. The number of nitrogens with two attached hydrogens (primary N) is 1. The Morgan fingerprint density at radius 1 is 1.43 bits per heavy atom. The monoisotopic (exact) mass is 209 g/mol. The van der Waals surface area contributed by atoms with Crippen LogP contribution in [0.4, 0.5) is 5.69 Å². The van der Waals surface area contributed by atoms with Crippen molar-refractivity contribution in [2.24, 2.45) is 0 Å². The van der Waals surface area contributed by atoms with E-state index >= 15 is 0 Å². The van der Waals surface area contributed by atoms with Gasteiger partial charge >= 0.3 is 0 Å². The maximum Gasteiger partial charge on any atom is 0.161 e. The van der Waals surface area contributed by atoms with Crippen LogP contribution >= 0.6 is 11.6 Å². The SMILES string of the molecule is CC(C)c1cn2c(Cl)ccc(N)c2n1. The van der Waals surface area contributed by atoms with E-state index in [4.69, 9.17) is 17.3 Å². The molecule has 0 bridgehead atoms. The minimum Gasteiger partial charge on any atom is -0.396 e. The fourth-order valence-electron chi connectivity index (χ4n) is 1.36. The fraction of sp³-hybridized carbons (Fsp3) is 0.300. The van der Waals surface area contributed by atoms with Crippen LogP contribution in [0.5, 0.6) is 0 Å². The van der Waals surface area contributed by atoms with Crippen molar-refractivity contribution in [2.45, 2.75) is 19.8 Å². The molecule has 0 fully saturated rings. The number of halogens is 1. The highest BCUT2D eigenvalue weighted by molar-refractivity contribution is 6.29. The second kappa shape index (κ2) is 3.17. The van der Waals surface area contributed by atoms with Crippen LogP contribution in [0.1, 0.15) is 25.5 Å². The number of anilines is 1. The number of aromatic nitrogens is 2. The third-order valence-electron chi connectivity index (χ3n) is 2.20. The van der Waals surface area contributed by atoms with Crippen LogP contribution < -0.4 is 5.73 Å². The quantitative estimate of drug-likeness (QED) is 0.734. The summed E-state index contributed by atoms with van der Waals surface area (Å²) in [5.41, 5.74) is 8.19. The molecule has 3 nitrogen and oxygen atoms in total. The Morgan fingerprint density at radius 2 is 2.14 bits per heavy atom. The Balaban J connectivity index is 2.75. The zero-order chi connectivity index (χ0) is 10.3. The van der Waals surface area contributed by atoms with Gasteiger partial charge in [-0.3, -0.25) is 4.40 Å². The van der Waals surface area contributed by atoms with Gasteiger partial charge in [0, 0.05) is 6.20 Å². The van der Waals surface area contributed by atoms with E-state index in [9.17, 15) is 0 Å². The van der Waals surface area contributed by atoms with Gasteiger partial charge in [-0.15, -0.1) is 0 Å². The molecular formula is C10H12ClN3. The number of hydrogen-bond acceptors (Lipinski definition) is 2. The summed E-state index contributed by atoms with van der Waals surface area (Å²) in [5, 5.41) is 0.633. The second-order valence-corrected chi connectivity index (χ2v) is 4.01. The van der Waals surface area contributed by atoms with E-state index in [1.807, 2.05) is 10.6 Å². The van der Waals surface area contributed by atoms with Gasteiger partial charge in [0.05, 0.1) is 11.4 Å². The van der Waals surface area contributed by atoms with Gasteiger partial charge in [0.1, 0.15) is 5.15 Å². The van der Waals surface area contributed by atoms with Crippen LogP contribution in [-0.4, -0.2) is 9.38 Å². The first-order chi connectivity index (χ1) is 6.59. The van der Waals surface area contributed by atoms with Gasteiger partial charge in [-0.05, 0) is 18.1 Å². The smallest absolute Gasteiger partial charge is 0.161 e. The molecule has 0 saturated heterocycles. The summed E-state index contributed by atoms with van der Waals surface area (Å²) in [7, 11) is 0. The molecule has 0 aliphatic rings. The summed E-state index contributed by atoms with van der Waals surface area (Å²) in [5.74, 6) is 0.380. The van der Waals surface area contributed by atoms with E-state index in [0.29, 0.717) is 16.8 Å². The molecule has 14 heavy (non-hydrogen) atoms. The largest absolute Gasteiger partial charge is 0.396 e. The average molecular weight is 210 g/mol. The lowest BCUT2D eigenvalue weighted by atomic mass is 10.2. The Labute approximate surface area is 87.5 Å². The van der Waals surface area contributed by atoms with Crippen molar-refractivity contribution in [3.63, 3.8) is 0 Å². The molecule has 2 aromatic rings. The van der Waals surface area contributed by atoms with Gasteiger partial charge < -0.3 is 5.73 Å². The molecule has 2 rings (SSSR count). The van der Waals surface area contributed by atoms with Gasteiger partial charge in [-0.2, -0.15) is 0 Å². The average Bonchev–Trinajstić information content (AvgIpc) is 2.57. The fourth-order valence-corrected chi connectivity index (χ4v) is 1.55. The molecule has 0 unspecified atom stereocenters. The van der Waals surface area contributed by atoms with E-state index in [0.717, 1.165) is 11.3 Å². The van der Waals surface area contributed by atoms with Crippen molar-refractivity contribution in [3.8, 4) is 0 Å². The maximum absolute atomic E-state index is 6.01. The topological polar surface area (TPSA) is 43.3 Å². The van der Waals surface area contributed by atoms with Gasteiger partial charge in [0.15, 0.2) is 5.65 Å². The van der Waals surface area contributed by atoms with Crippen LogP contribution in [0.2, 0.25) is 5.15 Å². The van der Waals surface area contributed by atoms with Crippen LogP contribution in [0.3, 0.4) is 0 Å². The van der Waals surface area contributed by atoms with Crippen LogP contribution in [0.25, 0.3) is 5.65 Å². The van der Waals surface area contributed by atoms with Crippen molar-refractivity contribution >= 4 is 22.9 Å². The first-order valence-electron chi connectivity index (χ1n) is 4.52. The molecule has 0 aliphatic heterocycles.